The van der Waals surface area contributed by atoms with Gasteiger partial charge in [-0.1, -0.05) is 30.3 Å². The second-order valence-electron chi connectivity index (χ2n) is 8.58. The van der Waals surface area contributed by atoms with Crippen molar-refractivity contribution in [3.05, 3.63) is 53.9 Å². The molecule has 0 radical (unpaired) electrons. The topological polar surface area (TPSA) is 61.4 Å². The molecule has 0 aliphatic carbocycles. The number of benzene rings is 1. The summed E-state index contributed by atoms with van der Waals surface area (Å²) in [7, 11) is 1.97. The molecule has 2 aromatic rings. The van der Waals surface area contributed by atoms with Gasteiger partial charge in [0, 0.05) is 44.6 Å². The minimum Gasteiger partial charge on any atom is -0.355 e. The zero-order chi connectivity index (χ0) is 20.3. The molecule has 1 aromatic heterocycles. The number of nitrogens with zero attached hydrogens (tertiary/aromatic N) is 4. The fraction of sp³-hybridized carbons (Fsp3) is 0.522. The van der Waals surface area contributed by atoms with Gasteiger partial charge in [0.1, 0.15) is 0 Å². The molecule has 1 unspecified atom stereocenters. The molecule has 1 aromatic carbocycles. The number of likely N-dealkylation sites (tertiary alicyclic amines) is 2. The second-order valence-corrected chi connectivity index (χ2v) is 8.58. The first kappa shape index (κ1) is 19.8. The summed E-state index contributed by atoms with van der Waals surface area (Å²) < 4.78 is 0. The van der Waals surface area contributed by atoms with Crippen molar-refractivity contribution in [2.75, 3.05) is 38.5 Å². The van der Waals surface area contributed by atoms with Gasteiger partial charge in [-0.25, -0.2) is 9.97 Å². The molecule has 1 spiro atoms. The maximum absolute atomic E-state index is 12.8. The molecule has 29 heavy (non-hydrogen) atoms. The van der Waals surface area contributed by atoms with Gasteiger partial charge < -0.3 is 10.2 Å². The molecule has 2 aliphatic rings. The van der Waals surface area contributed by atoms with Gasteiger partial charge in [-0.2, -0.15) is 0 Å². The van der Waals surface area contributed by atoms with Gasteiger partial charge in [-0.3, -0.25) is 9.69 Å². The lowest BCUT2D eigenvalue weighted by atomic mass is 9.67. The highest BCUT2D eigenvalue weighted by molar-refractivity contribution is 5.84. The number of likely N-dealkylation sites (N-methyl/N-ethyl adjacent to an activating group) is 1. The number of piperidine rings is 2. The van der Waals surface area contributed by atoms with Crippen LogP contribution < -0.4 is 5.32 Å². The first-order chi connectivity index (χ1) is 14.1. The minimum absolute atomic E-state index is 0.00601. The van der Waals surface area contributed by atoms with Gasteiger partial charge in [0.2, 0.25) is 11.9 Å². The fourth-order valence-corrected chi connectivity index (χ4v) is 4.87. The van der Waals surface area contributed by atoms with Gasteiger partial charge in [-0.05, 0) is 50.3 Å². The summed E-state index contributed by atoms with van der Waals surface area (Å²) in [5.74, 6) is 0.950. The molecule has 6 heteroatoms. The molecular formula is C23H31N5O. The van der Waals surface area contributed by atoms with Gasteiger partial charge in [0.25, 0.3) is 0 Å². The molecule has 2 saturated heterocycles. The molecule has 2 fully saturated rings. The summed E-state index contributed by atoms with van der Waals surface area (Å²) in [5.41, 5.74) is 2.54. The predicted molar refractivity (Wildman–Crippen MR) is 115 cm³/mol. The lowest BCUT2D eigenvalue weighted by Crippen LogP contribution is -2.52. The Labute approximate surface area is 173 Å². The van der Waals surface area contributed by atoms with Crippen LogP contribution in [-0.2, 0) is 11.3 Å². The molecule has 0 bridgehead atoms. The van der Waals surface area contributed by atoms with E-state index in [2.05, 4.69) is 32.3 Å². The average molecular weight is 394 g/mol. The van der Waals surface area contributed by atoms with Crippen LogP contribution in [0.1, 0.15) is 43.2 Å². The highest BCUT2D eigenvalue weighted by Gasteiger charge is 2.44. The largest absolute Gasteiger partial charge is 0.355 e. The van der Waals surface area contributed by atoms with Crippen molar-refractivity contribution in [1.29, 1.82) is 0 Å². The molecule has 0 saturated carbocycles. The quantitative estimate of drug-likeness (QED) is 0.846. The van der Waals surface area contributed by atoms with Gasteiger partial charge in [0.15, 0.2) is 0 Å². The van der Waals surface area contributed by atoms with Crippen molar-refractivity contribution < 1.29 is 4.79 Å². The zero-order valence-electron chi connectivity index (χ0n) is 17.5. The number of nitrogens with one attached hydrogen (secondary N) is 1. The van der Waals surface area contributed by atoms with Crippen LogP contribution in [0.4, 0.5) is 5.95 Å². The van der Waals surface area contributed by atoms with Crippen LogP contribution in [0.3, 0.4) is 0 Å². The number of hydrogen-bond acceptors (Lipinski definition) is 5. The van der Waals surface area contributed by atoms with E-state index in [1.54, 1.807) is 0 Å². The van der Waals surface area contributed by atoms with E-state index in [0.717, 1.165) is 63.1 Å². The van der Waals surface area contributed by atoms with E-state index in [1.807, 2.05) is 49.5 Å². The number of carbonyl (C=O) groups is 1. The van der Waals surface area contributed by atoms with Gasteiger partial charge >= 0.3 is 0 Å². The number of amides is 1. The Bertz CT molecular complexity index is 815. The molecule has 6 nitrogen and oxygen atoms in total. The number of rotatable bonds is 5. The fourth-order valence-electron chi connectivity index (χ4n) is 4.87. The van der Waals surface area contributed by atoms with Crippen molar-refractivity contribution in [1.82, 2.24) is 19.8 Å². The van der Waals surface area contributed by atoms with Gasteiger partial charge in [0.05, 0.1) is 5.92 Å². The van der Waals surface area contributed by atoms with Crippen LogP contribution in [0.5, 0.6) is 0 Å². The summed E-state index contributed by atoms with van der Waals surface area (Å²) >= 11 is 0. The average Bonchev–Trinajstić information content (AvgIpc) is 2.75. The van der Waals surface area contributed by atoms with Crippen LogP contribution in [0.25, 0.3) is 0 Å². The minimum atomic E-state index is -0.00601. The van der Waals surface area contributed by atoms with Crippen LogP contribution in [-0.4, -0.2) is 58.9 Å². The van der Waals surface area contributed by atoms with Crippen molar-refractivity contribution in [3.63, 3.8) is 0 Å². The summed E-state index contributed by atoms with van der Waals surface area (Å²) in [6, 6.07) is 10.3. The normalized spacial score (nSPS) is 22.1. The lowest BCUT2D eigenvalue weighted by molar-refractivity contribution is -0.139. The Hall–Kier alpha value is -2.47. The maximum atomic E-state index is 12.8. The van der Waals surface area contributed by atoms with E-state index >= 15 is 0 Å². The van der Waals surface area contributed by atoms with Crippen molar-refractivity contribution in [2.24, 2.45) is 5.41 Å². The molecular weight excluding hydrogens is 362 g/mol. The van der Waals surface area contributed by atoms with E-state index in [1.165, 1.54) is 0 Å². The predicted octanol–water partition coefficient (Wildman–Crippen LogP) is 3.14. The monoisotopic (exact) mass is 393 g/mol. The van der Waals surface area contributed by atoms with Crippen molar-refractivity contribution >= 4 is 11.9 Å². The second kappa shape index (κ2) is 8.49. The Morgan fingerprint density at radius 3 is 2.48 bits per heavy atom. The van der Waals surface area contributed by atoms with E-state index in [-0.39, 0.29) is 17.2 Å². The highest BCUT2D eigenvalue weighted by Crippen LogP contribution is 2.45. The Kier molecular flexibility index (Phi) is 5.81. The summed E-state index contributed by atoms with van der Waals surface area (Å²) in [4.78, 5) is 26.1. The SMILES string of the molecule is CCNc1ncc(CN2CCC3(CC2)CC(c2ccccc2)C(=O)N(C)C3)cn1. The molecule has 3 heterocycles. The maximum Gasteiger partial charge on any atom is 0.229 e. The van der Waals surface area contributed by atoms with Crippen LogP contribution in [0.15, 0.2) is 42.7 Å². The standard InChI is InChI=1S/C23H31N5O/c1-3-24-22-25-14-18(15-26-22)16-28-11-9-23(10-12-28)13-20(21(29)27(2)17-23)19-7-5-4-6-8-19/h4-8,14-15,20H,3,9-13,16-17H2,1-2H3,(H,24,25,26). The van der Waals surface area contributed by atoms with Crippen LogP contribution >= 0.6 is 0 Å². The smallest absolute Gasteiger partial charge is 0.229 e. The van der Waals surface area contributed by atoms with Crippen molar-refractivity contribution in [3.8, 4) is 0 Å². The number of hydrogen-bond donors (Lipinski definition) is 1. The summed E-state index contributed by atoms with van der Waals surface area (Å²) in [5, 5.41) is 3.13. The van der Waals surface area contributed by atoms with E-state index in [4.69, 9.17) is 0 Å². The number of anilines is 1. The van der Waals surface area contributed by atoms with Crippen LogP contribution in [0, 0.1) is 5.41 Å². The van der Waals surface area contributed by atoms with E-state index < -0.39 is 0 Å². The number of aromatic nitrogens is 2. The first-order valence-electron chi connectivity index (χ1n) is 10.7. The molecule has 154 valence electrons. The van der Waals surface area contributed by atoms with Crippen LogP contribution in [0.2, 0.25) is 0 Å². The summed E-state index contributed by atoms with van der Waals surface area (Å²) in [6.07, 6.45) is 7.07. The summed E-state index contributed by atoms with van der Waals surface area (Å²) in [6.45, 7) is 6.74. The Balaban J connectivity index is 1.39. The molecule has 1 amide bonds. The Morgan fingerprint density at radius 2 is 1.83 bits per heavy atom. The third kappa shape index (κ3) is 4.42. The van der Waals surface area contributed by atoms with Gasteiger partial charge in [-0.15, -0.1) is 0 Å². The first-order valence-corrected chi connectivity index (χ1v) is 10.7. The van der Waals surface area contributed by atoms with E-state index in [0.29, 0.717) is 5.95 Å². The van der Waals surface area contributed by atoms with E-state index in [9.17, 15) is 4.79 Å². The Morgan fingerprint density at radius 1 is 1.14 bits per heavy atom. The third-order valence-corrected chi connectivity index (χ3v) is 6.45. The zero-order valence-corrected chi connectivity index (χ0v) is 17.5. The molecule has 1 N–H and O–H groups in total. The molecule has 4 rings (SSSR count). The third-order valence-electron chi connectivity index (χ3n) is 6.45. The molecule has 2 aliphatic heterocycles. The van der Waals surface area contributed by atoms with Crippen molar-refractivity contribution in [2.45, 2.75) is 38.6 Å². The lowest BCUT2D eigenvalue weighted by Gasteiger charge is -2.49. The molecule has 1 atom stereocenters. The highest BCUT2D eigenvalue weighted by atomic mass is 16.2. The number of carbonyl (C=O) groups excluding carboxylic acids is 1.